The van der Waals surface area contributed by atoms with Gasteiger partial charge in [-0.1, -0.05) is 37.6 Å². The molecule has 0 bridgehead atoms. The molecule has 2 rings (SSSR count). The zero-order chi connectivity index (χ0) is 14.0. The van der Waals surface area contributed by atoms with E-state index in [-0.39, 0.29) is 12.3 Å². The van der Waals surface area contributed by atoms with Crippen LogP contribution < -0.4 is 0 Å². The fourth-order valence-corrected chi connectivity index (χ4v) is 3.13. The van der Waals surface area contributed by atoms with Crippen molar-refractivity contribution in [2.45, 2.75) is 26.2 Å². The van der Waals surface area contributed by atoms with E-state index in [2.05, 4.69) is 4.98 Å². The van der Waals surface area contributed by atoms with Gasteiger partial charge in [-0.15, -0.1) is 11.3 Å². The lowest BCUT2D eigenvalue weighted by atomic mass is 10.1. The average molecular weight is 296 g/mol. The number of carboxylic acid groups (broad SMARTS) is 1. The Morgan fingerprint density at radius 1 is 1.37 bits per heavy atom. The Hall–Kier alpha value is -1.39. The van der Waals surface area contributed by atoms with E-state index in [1.807, 2.05) is 38.1 Å². The summed E-state index contributed by atoms with van der Waals surface area (Å²) in [5, 5.41) is 10.5. The van der Waals surface area contributed by atoms with Gasteiger partial charge in [0, 0.05) is 15.5 Å². The second-order valence-electron chi connectivity index (χ2n) is 4.56. The van der Waals surface area contributed by atoms with Crippen molar-refractivity contribution in [3.8, 4) is 10.6 Å². The largest absolute Gasteiger partial charge is 0.481 e. The number of carbonyl (C=O) groups is 1. The Morgan fingerprint density at radius 2 is 2.00 bits per heavy atom. The fourth-order valence-electron chi connectivity index (χ4n) is 1.79. The minimum Gasteiger partial charge on any atom is -0.481 e. The number of carboxylic acids is 1. The number of halogens is 1. The van der Waals surface area contributed by atoms with E-state index in [4.69, 9.17) is 16.7 Å². The molecular formula is C14H14ClNO2S. The third-order valence-corrected chi connectivity index (χ3v) is 4.05. The standard InChI is InChI=1S/C14H14ClNO2S/c1-8(2)13-11(7-12(17)18)19-14(16-13)9-3-5-10(15)6-4-9/h3-6,8H,7H2,1-2H3,(H,17,18). The summed E-state index contributed by atoms with van der Waals surface area (Å²) in [6.07, 6.45) is 0.0266. The fraction of sp³-hybridized carbons (Fsp3) is 0.286. The molecule has 0 aliphatic rings. The van der Waals surface area contributed by atoms with Gasteiger partial charge in [0.2, 0.25) is 0 Å². The summed E-state index contributed by atoms with van der Waals surface area (Å²) in [6, 6.07) is 7.42. The van der Waals surface area contributed by atoms with Crippen LogP contribution in [0.4, 0.5) is 0 Å². The van der Waals surface area contributed by atoms with Crippen molar-refractivity contribution in [3.63, 3.8) is 0 Å². The first-order chi connectivity index (χ1) is 8.97. The van der Waals surface area contributed by atoms with E-state index >= 15 is 0 Å². The molecule has 0 radical (unpaired) electrons. The number of rotatable bonds is 4. The molecule has 0 aliphatic heterocycles. The van der Waals surface area contributed by atoms with Gasteiger partial charge >= 0.3 is 5.97 Å². The van der Waals surface area contributed by atoms with Crippen LogP contribution in [-0.2, 0) is 11.2 Å². The van der Waals surface area contributed by atoms with Gasteiger partial charge in [-0.2, -0.15) is 0 Å². The first-order valence-corrected chi connectivity index (χ1v) is 7.14. The van der Waals surface area contributed by atoms with E-state index in [0.717, 1.165) is 21.1 Å². The SMILES string of the molecule is CC(C)c1nc(-c2ccc(Cl)cc2)sc1CC(=O)O. The van der Waals surface area contributed by atoms with Gasteiger partial charge in [0.15, 0.2) is 0 Å². The number of aliphatic carboxylic acids is 1. The predicted molar refractivity (Wildman–Crippen MR) is 78.0 cm³/mol. The smallest absolute Gasteiger partial charge is 0.308 e. The molecular weight excluding hydrogens is 282 g/mol. The van der Waals surface area contributed by atoms with E-state index in [1.54, 1.807) is 0 Å². The quantitative estimate of drug-likeness (QED) is 0.919. The van der Waals surface area contributed by atoms with E-state index in [9.17, 15) is 4.79 Å². The number of nitrogens with zero attached hydrogens (tertiary/aromatic N) is 1. The number of benzene rings is 1. The second kappa shape index (κ2) is 5.72. The first-order valence-electron chi connectivity index (χ1n) is 5.94. The highest BCUT2D eigenvalue weighted by Crippen LogP contribution is 2.32. The molecule has 1 aromatic carbocycles. The van der Waals surface area contributed by atoms with E-state index < -0.39 is 5.97 Å². The highest BCUT2D eigenvalue weighted by Gasteiger charge is 2.17. The Bertz CT molecular complexity index is 590. The summed E-state index contributed by atoms with van der Waals surface area (Å²) >= 11 is 7.30. The lowest BCUT2D eigenvalue weighted by molar-refractivity contribution is -0.136. The van der Waals surface area contributed by atoms with Crippen molar-refractivity contribution in [2.24, 2.45) is 0 Å². The molecule has 1 aromatic heterocycles. The van der Waals surface area contributed by atoms with Crippen LogP contribution in [0.25, 0.3) is 10.6 Å². The predicted octanol–water partition coefficient (Wildman–Crippen LogP) is 4.21. The van der Waals surface area contributed by atoms with Gasteiger partial charge < -0.3 is 5.11 Å². The zero-order valence-electron chi connectivity index (χ0n) is 10.7. The van der Waals surface area contributed by atoms with Gasteiger partial charge in [0.05, 0.1) is 12.1 Å². The van der Waals surface area contributed by atoms with Gasteiger partial charge in [-0.05, 0) is 18.1 Å². The molecule has 0 spiro atoms. The Labute approximate surface area is 120 Å². The zero-order valence-corrected chi connectivity index (χ0v) is 12.3. The second-order valence-corrected chi connectivity index (χ2v) is 6.08. The minimum absolute atomic E-state index is 0.0266. The third kappa shape index (κ3) is 3.33. The molecule has 0 fully saturated rings. The van der Waals surface area contributed by atoms with E-state index in [0.29, 0.717) is 5.02 Å². The number of aromatic nitrogens is 1. The molecule has 3 nitrogen and oxygen atoms in total. The Balaban J connectivity index is 2.42. The summed E-state index contributed by atoms with van der Waals surface area (Å²) in [4.78, 5) is 16.3. The van der Waals surface area contributed by atoms with Crippen molar-refractivity contribution in [3.05, 3.63) is 39.9 Å². The highest BCUT2D eigenvalue weighted by atomic mass is 35.5. The molecule has 19 heavy (non-hydrogen) atoms. The maximum atomic E-state index is 10.9. The average Bonchev–Trinajstić information content (AvgIpc) is 2.73. The van der Waals surface area contributed by atoms with Crippen LogP contribution in [0, 0.1) is 0 Å². The summed E-state index contributed by atoms with van der Waals surface area (Å²) in [7, 11) is 0. The highest BCUT2D eigenvalue weighted by molar-refractivity contribution is 7.15. The van der Waals surface area contributed by atoms with Crippen molar-refractivity contribution in [2.75, 3.05) is 0 Å². The maximum Gasteiger partial charge on any atom is 0.308 e. The van der Waals surface area contributed by atoms with E-state index in [1.165, 1.54) is 11.3 Å². The van der Waals surface area contributed by atoms with Crippen molar-refractivity contribution >= 4 is 28.9 Å². The van der Waals surface area contributed by atoms with Crippen LogP contribution in [0.5, 0.6) is 0 Å². The summed E-state index contributed by atoms with van der Waals surface area (Å²) < 4.78 is 0. The lowest BCUT2D eigenvalue weighted by Gasteiger charge is -2.02. The van der Waals surface area contributed by atoms with Gasteiger partial charge in [0.1, 0.15) is 5.01 Å². The molecule has 2 aromatic rings. The first kappa shape index (κ1) is 14.0. The van der Waals surface area contributed by atoms with Crippen LogP contribution in [0.2, 0.25) is 5.02 Å². The third-order valence-electron chi connectivity index (χ3n) is 2.68. The topological polar surface area (TPSA) is 50.2 Å². The Kier molecular flexibility index (Phi) is 4.22. The van der Waals surface area contributed by atoms with Crippen LogP contribution >= 0.6 is 22.9 Å². The summed E-state index contributed by atoms with van der Waals surface area (Å²) in [5.41, 5.74) is 1.84. The van der Waals surface area contributed by atoms with Crippen molar-refractivity contribution in [1.82, 2.24) is 4.98 Å². The number of hydrogen-bond acceptors (Lipinski definition) is 3. The summed E-state index contributed by atoms with van der Waals surface area (Å²) in [6.45, 7) is 4.04. The summed E-state index contributed by atoms with van der Waals surface area (Å²) in [5.74, 6) is -0.611. The van der Waals surface area contributed by atoms with Crippen molar-refractivity contribution in [1.29, 1.82) is 0 Å². The number of hydrogen-bond donors (Lipinski definition) is 1. The Morgan fingerprint density at radius 3 is 2.53 bits per heavy atom. The van der Waals surface area contributed by atoms with Crippen LogP contribution in [0.1, 0.15) is 30.3 Å². The molecule has 5 heteroatoms. The molecule has 0 amide bonds. The normalized spacial score (nSPS) is 10.9. The van der Waals surface area contributed by atoms with Gasteiger partial charge in [0.25, 0.3) is 0 Å². The maximum absolute atomic E-state index is 10.9. The molecule has 100 valence electrons. The lowest BCUT2D eigenvalue weighted by Crippen LogP contribution is -2.02. The molecule has 1 heterocycles. The molecule has 0 atom stereocenters. The minimum atomic E-state index is -0.826. The molecule has 1 N–H and O–H groups in total. The number of thiazole rings is 1. The molecule has 0 saturated carbocycles. The molecule has 0 aliphatic carbocycles. The van der Waals surface area contributed by atoms with Crippen molar-refractivity contribution < 1.29 is 9.90 Å². The van der Waals surface area contributed by atoms with Gasteiger partial charge in [-0.25, -0.2) is 4.98 Å². The van der Waals surface area contributed by atoms with Crippen LogP contribution in [0.3, 0.4) is 0 Å². The van der Waals surface area contributed by atoms with Crippen LogP contribution in [0.15, 0.2) is 24.3 Å². The molecule has 0 saturated heterocycles. The molecule has 0 unspecified atom stereocenters. The monoisotopic (exact) mass is 295 g/mol. The van der Waals surface area contributed by atoms with Gasteiger partial charge in [-0.3, -0.25) is 4.79 Å². The van der Waals surface area contributed by atoms with Crippen LogP contribution in [-0.4, -0.2) is 16.1 Å².